The number of carbonyl (C=O) groups is 1. The molecule has 106 valence electrons. The zero-order chi connectivity index (χ0) is 14.7. The molecular weight excluding hydrogens is 250 g/mol. The molecule has 2 rings (SSSR count). The highest BCUT2D eigenvalue weighted by molar-refractivity contribution is 5.92. The third kappa shape index (κ3) is 3.26. The molecule has 0 aliphatic carbocycles. The highest BCUT2D eigenvalue weighted by Crippen LogP contribution is 2.17. The number of hydrogen-bond donors (Lipinski definition) is 2. The molecule has 1 aromatic heterocycles. The summed E-state index contributed by atoms with van der Waals surface area (Å²) in [5, 5.41) is 9.92. The first-order valence-corrected chi connectivity index (χ1v) is 6.87. The minimum absolute atomic E-state index is 0.0186. The molecule has 4 heteroatoms. The molecule has 1 amide bonds. The van der Waals surface area contributed by atoms with Gasteiger partial charge >= 0.3 is 0 Å². The Hall–Kier alpha value is -2.10. The van der Waals surface area contributed by atoms with Gasteiger partial charge in [-0.15, -0.1) is 0 Å². The minimum Gasteiger partial charge on any atom is -0.326 e. The summed E-state index contributed by atoms with van der Waals surface area (Å²) in [6.07, 6.45) is 0.347. The summed E-state index contributed by atoms with van der Waals surface area (Å²) in [4.78, 5) is 12.1. The van der Waals surface area contributed by atoms with E-state index in [-0.39, 0.29) is 5.91 Å². The van der Waals surface area contributed by atoms with Crippen molar-refractivity contribution >= 4 is 11.6 Å². The van der Waals surface area contributed by atoms with Crippen LogP contribution in [0.2, 0.25) is 0 Å². The molecule has 4 nitrogen and oxygen atoms in total. The second-order valence-electron chi connectivity index (χ2n) is 5.41. The lowest BCUT2D eigenvalue weighted by atomic mass is 10.0. The molecule has 0 atom stereocenters. The fourth-order valence-electron chi connectivity index (χ4n) is 2.15. The predicted octanol–water partition coefficient (Wildman–Crippen LogP) is 3.33. The van der Waals surface area contributed by atoms with Crippen LogP contribution in [0.4, 0.5) is 5.69 Å². The van der Waals surface area contributed by atoms with Gasteiger partial charge in [0.25, 0.3) is 0 Å². The summed E-state index contributed by atoms with van der Waals surface area (Å²) in [5.74, 6) is 0.478. The number of hydrogen-bond acceptors (Lipinski definition) is 2. The van der Waals surface area contributed by atoms with E-state index in [0.29, 0.717) is 12.3 Å². The molecule has 2 N–H and O–H groups in total. The van der Waals surface area contributed by atoms with Crippen molar-refractivity contribution in [3.8, 4) is 0 Å². The first kappa shape index (κ1) is 14.3. The summed E-state index contributed by atoms with van der Waals surface area (Å²) in [6.45, 7) is 8.14. The molecule has 20 heavy (non-hydrogen) atoms. The van der Waals surface area contributed by atoms with Crippen LogP contribution in [-0.2, 0) is 11.2 Å². The Bertz CT molecular complexity index is 577. The molecule has 0 fully saturated rings. The van der Waals surface area contributed by atoms with Gasteiger partial charge in [0.05, 0.1) is 12.1 Å². The van der Waals surface area contributed by atoms with Crippen molar-refractivity contribution in [1.82, 2.24) is 10.2 Å². The first-order valence-electron chi connectivity index (χ1n) is 6.87. The van der Waals surface area contributed by atoms with Crippen LogP contribution in [0.25, 0.3) is 0 Å². The Morgan fingerprint density at radius 2 is 1.90 bits per heavy atom. The van der Waals surface area contributed by atoms with Gasteiger partial charge in [0.15, 0.2) is 0 Å². The molecule has 0 saturated carbocycles. The number of carbonyl (C=O) groups excluding carboxylic acids is 1. The van der Waals surface area contributed by atoms with Crippen LogP contribution in [-0.4, -0.2) is 16.1 Å². The van der Waals surface area contributed by atoms with Crippen molar-refractivity contribution in [3.63, 3.8) is 0 Å². The van der Waals surface area contributed by atoms with Crippen molar-refractivity contribution in [2.45, 2.75) is 40.0 Å². The van der Waals surface area contributed by atoms with Gasteiger partial charge in [-0.05, 0) is 37.5 Å². The fraction of sp³-hybridized carbons (Fsp3) is 0.375. The molecular formula is C16H21N3O. The molecule has 1 heterocycles. The summed E-state index contributed by atoms with van der Waals surface area (Å²) in [7, 11) is 0. The Kier molecular flexibility index (Phi) is 4.23. The van der Waals surface area contributed by atoms with Crippen molar-refractivity contribution in [2.24, 2.45) is 0 Å². The van der Waals surface area contributed by atoms with Gasteiger partial charge in [-0.3, -0.25) is 9.89 Å². The van der Waals surface area contributed by atoms with Crippen molar-refractivity contribution in [2.75, 3.05) is 5.32 Å². The number of nitrogens with zero attached hydrogens (tertiary/aromatic N) is 1. The van der Waals surface area contributed by atoms with E-state index in [1.54, 1.807) is 0 Å². The number of rotatable bonds is 4. The SMILES string of the molecule is Cc1n[nH]c(C)c1CC(=O)Nc1ccc(C(C)C)cc1. The standard InChI is InChI=1S/C16H21N3O/c1-10(2)13-5-7-14(8-6-13)17-16(20)9-15-11(3)18-19-12(15)4/h5-8,10H,9H2,1-4H3,(H,17,20)(H,18,19). The number of aryl methyl sites for hydroxylation is 2. The van der Waals surface area contributed by atoms with Gasteiger partial charge in [0.1, 0.15) is 0 Å². The lowest BCUT2D eigenvalue weighted by Gasteiger charge is -2.08. The van der Waals surface area contributed by atoms with Gasteiger partial charge in [-0.2, -0.15) is 5.10 Å². The number of amides is 1. The van der Waals surface area contributed by atoms with Crippen LogP contribution in [0, 0.1) is 13.8 Å². The summed E-state index contributed by atoms with van der Waals surface area (Å²) < 4.78 is 0. The maximum absolute atomic E-state index is 12.1. The maximum Gasteiger partial charge on any atom is 0.228 e. The zero-order valence-corrected chi connectivity index (χ0v) is 12.4. The largest absolute Gasteiger partial charge is 0.326 e. The van der Waals surface area contributed by atoms with E-state index in [9.17, 15) is 4.79 Å². The molecule has 0 saturated heterocycles. The third-order valence-electron chi connectivity index (χ3n) is 3.48. The van der Waals surface area contributed by atoms with Gasteiger partial charge in [-0.25, -0.2) is 0 Å². The normalized spacial score (nSPS) is 10.8. The Morgan fingerprint density at radius 3 is 2.40 bits per heavy atom. The molecule has 0 aliphatic rings. The van der Waals surface area contributed by atoms with Crippen LogP contribution in [0.3, 0.4) is 0 Å². The lowest BCUT2D eigenvalue weighted by molar-refractivity contribution is -0.115. The van der Waals surface area contributed by atoms with Crippen LogP contribution < -0.4 is 5.32 Å². The van der Waals surface area contributed by atoms with Gasteiger partial charge in [0, 0.05) is 16.9 Å². The topological polar surface area (TPSA) is 57.8 Å². The molecule has 1 aromatic carbocycles. The van der Waals surface area contributed by atoms with Gasteiger partial charge in [0.2, 0.25) is 5.91 Å². The molecule has 0 spiro atoms. The second-order valence-corrected chi connectivity index (χ2v) is 5.41. The molecule has 0 aliphatic heterocycles. The van der Waals surface area contributed by atoms with E-state index in [1.807, 2.05) is 26.0 Å². The number of anilines is 1. The average Bonchev–Trinajstić information content (AvgIpc) is 2.71. The van der Waals surface area contributed by atoms with Crippen LogP contribution >= 0.6 is 0 Å². The van der Waals surface area contributed by atoms with E-state index in [2.05, 4.69) is 41.5 Å². The number of aromatic amines is 1. The van der Waals surface area contributed by atoms with E-state index < -0.39 is 0 Å². The Morgan fingerprint density at radius 1 is 1.25 bits per heavy atom. The molecule has 0 unspecified atom stereocenters. The quantitative estimate of drug-likeness (QED) is 0.896. The smallest absolute Gasteiger partial charge is 0.228 e. The van der Waals surface area contributed by atoms with Crippen molar-refractivity contribution in [3.05, 3.63) is 46.8 Å². The van der Waals surface area contributed by atoms with Crippen molar-refractivity contribution in [1.29, 1.82) is 0 Å². The first-order chi connectivity index (χ1) is 9.47. The molecule has 2 aromatic rings. The predicted molar refractivity (Wildman–Crippen MR) is 80.9 cm³/mol. The number of H-pyrrole nitrogens is 1. The van der Waals surface area contributed by atoms with Crippen LogP contribution in [0.15, 0.2) is 24.3 Å². The maximum atomic E-state index is 12.1. The highest BCUT2D eigenvalue weighted by atomic mass is 16.1. The van der Waals surface area contributed by atoms with Crippen LogP contribution in [0.5, 0.6) is 0 Å². The Labute approximate surface area is 119 Å². The third-order valence-corrected chi connectivity index (χ3v) is 3.48. The van der Waals surface area contributed by atoms with Crippen molar-refractivity contribution < 1.29 is 4.79 Å². The minimum atomic E-state index is -0.0186. The van der Waals surface area contributed by atoms with Gasteiger partial charge < -0.3 is 5.32 Å². The summed E-state index contributed by atoms with van der Waals surface area (Å²) >= 11 is 0. The van der Waals surface area contributed by atoms with E-state index in [4.69, 9.17) is 0 Å². The Balaban J connectivity index is 2.01. The van der Waals surface area contributed by atoms with E-state index >= 15 is 0 Å². The molecule has 0 radical (unpaired) electrons. The second kappa shape index (κ2) is 5.90. The lowest BCUT2D eigenvalue weighted by Crippen LogP contribution is -2.15. The number of benzene rings is 1. The summed E-state index contributed by atoms with van der Waals surface area (Å²) in [5.41, 5.74) is 4.91. The summed E-state index contributed by atoms with van der Waals surface area (Å²) in [6, 6.07) is 7.99. The molecule has 0 bridgehead atoms. The van der Waals surface area contributed by atoms with E-state index in [1.165, 1.54) is 5.56 Å². The number of aromatic nitrogens is 2. The van der Waals surface area contributed by atoms with Gasteiger partial charge in [-0.1, -0.05) is 26.0 Å². The van der Waals surface area contributed by atoms with E-state index in [0.717, 1.165) is 22.6 Å². The average molecular weight is 271 g/mol. The fourth-order valence-corrected chi connectivity index (χ4v) is 2.15. The number of nitrogens with one attached hydrogen (secondary N) is 2. The zero-order valence-electron chi connectivity index (χ0n) is 12.4. The van der Waals surface area contributed by atoms with Crippen LogP contribution in [0.1, 0.15) is 42.3 Å². The monoisotopic (exact) mass is 271 g/mol. The highest BCUT2D eigenvalue weighted by Gasteiger charge is 2.11.